The maximum atomic E-state index is 11.6. The van der Waals surface area contributed by atoms with E-state index < -0.39 is 0 Å². The number of halogens is 2. The Morgan fingerprint density at radius 2 is 2.00 bits per heavy atom. The molecule has 2 N–H and O–H groups in total. The van der Waals surface area contributed by atoms with Crippen molar-refractivity contribution < 1.29 is 9.53 Å². The van der Waals surface area contributed by atoms with Gasteiger partial charge in [-0.25, -0.2) is 4.79 Å². The third-order valence-electron chi connectivity index (χ3n) is 3.50. The maximum absolute atomic E-state index is 11.6. The first-order chi connectivity index (χ1) is 10.6. The molecule has 0 atom stereocenters. The molecule has 6 heteroatoms. The van der Waals surface area contributed by atoms with Crippen LogP contribution < -0.4 is 10.6 Å². The molecule has 0 unspecified atom stereocenters. The number of nitrogens with one attached hydrogen (secondary N) is 2. The summed E-state index contributed by atoms with van der Waals surface area (Å²) in [4.78, 5) is 11.6. The number of ether oxygens (including phenoxy) is 1. The van der Waals surface area contributed by atoms with Gasteiger partial charge in [0.05, 0.1) is 0 Å². The van der Waals surface area contributed by atoms with E-state index in [1.54, 1.807) is 12.1 Å². The molecule has 22 heavy (non-hydrogen) atoms. The second kappa shape index (κ2) is 9.23. The number of amides is 2. The molecule has 4 nitrogen and oxygen atoms in total. The molecule has 2 amide bonds. The molecule has 0 aromatic heterocycles. The molecule has 0 saturated heterocycles. The predicted molar refractivity (Wildman–Crippen MR) is 89.7 cm³/mol. The van der Waals surface area contributed by atoms with E-state index in [1.807, 2.05) is 6.07 Å². The van der Waals surface area contributed by atoms with Gasteiger partial charge in [0.1, 0.15) is 0 Å². The number of carbonyl (C=O) groups excluding carboxylic acids is 1. The zero-order valence-corrected chi connectivity index (χ0v) is 14.1. The van der Waals surface area contributed by atoms with Gasteiger partial charge in [-0.3, -0.25) is 0 Å². The van der Waals surface area contributed by atoms with Crippen LogP contribution in [0.4, 0.5) is 4.79 Å². The predicted octanol–water partition coefficient (Wildman–Crippen LogP) is 3.65. The molecule has 0 bridgehead atoms. The largest absolute Gasteiger partial charge is 0.381 e. The first-order valence-electron chi connectivity index (χ1n) is 7.68. The molecule has 1 aromatic carbocycles. The fourth-order valence-corrected chi connectivity index (χ4v) is 2.51. The van der Waals surface area contributed by atoms with Crippen LogP contribution in [0.2, 0.25) is 10.0 Å². The van der Waals surface area contributed by atoms with Crippen LogP contribution in [0.5, 0.6) is 0 Å². The molecule has 0 aliphatic heterocycles. The van der Waals surface area contributed by atoms with Crippen LogP contribution in [0.3, 0.4) is 0 Å². The van der Waals surface area contributed by atoms with Gasteiger partial charge in [0.25, 0.3) is 0 Å². The van der Waals surface area contributed by atoms with E-state index in [4.69, 9.17) is 27.9 Å². The highest BCUT2D eigenvalue weighted by Crippen LogP contribution is 2.28. The molecule has 0 spiro atoms. The van der Waals surface area contributed by atoms with Gasteiger partial charge in [-0.05, 0) is 49.3 Å². The molecule has 1 fully saturated rings. The molecular formula is C16H22Cl2N2O2. The van der Waals surface area contributed by atoms with Crippen LogP contribution >= 0.6 is 23.2 Å². The standard InChI is InChI=1S/C16H22Cl2N2O2/c17-14-5-4-13(15(18)10-14)6-8-20-16(21)19-7-1-9-22-11-12-2-3-12/h4-5,10,12H,1-3,6-9,11H2,(H2,19,20,21). The van der Waals surface area contributed by atoms with Crippen molar-refractivity contribution in [2.24, 2.45) is 5.92 Å². The molecule has 122 valence electrons. The lowest BCUT2D eigenvalue weighted by Crippen LogP contribution is -2.37. The molecule has 1 aliphatic carbocycles. The maximum Gasteiger partial charge on any atom is 0.314 e. The summed E-state index contributed by atoms with van der Waals surface area (Å²) in [5.74, 6) is 0.788. The Morgan fingerprint density at radius 1 is 1.23 bits per heavy atom. The van der Waals surface area contributed by atoms with Crippen molar-refractivity contribution in [1.29, 1.82) is 0 Å². The van der Waals surface area contributed by atoms with E-state index in [-0.39, 0.29) is 6.03 Å². The highest BCUT2D eigenvalue weighted by Gasteiger charge is 2.20. The Hall–Kier alpha value is -0.970. The molecule has 0 heterocycles. The van der Waals surface area contributed by atoms with E-state index in [0.717, 1.165) is 24.5 Å². The second-order valence-electron chi connectivity index (χ2n) is 5.54. The van der Waals surface area contributed by atoms with Gasteiger partial charge in [0.15, 0.2) is 0 Å². The van der Waals surface area contributed by atoms with Gasteiger partial charge in [-0.15, -0.1) is 0 Å². The first kappa shape index (κ1) is 17.4. The van der Waals surface area contributed by atoms with Crippen LogP contribution in [-0.2, 0) is 11.2 Å². The van der Waals surface area contributed by atoms with Gasteiger partial charge < -0.3 is 15.4 Å². The first-order valence-corrected chi connectivity index (χ1v) is 8.44. The lowest BCUT2D eigenvalue weighted by molar-refractivity contribution is 0.122. The van der Waals surface area contributed by atoms with Crippen LogP contribution in [-0.4, -0.2) is 32.3 Å². The van der Waals surface area contributed by atoms with E-state index in [9.17, 15) is 4.79 Å². The molecule has 2 rings (SSSR count). The lowest BCUT2D eigenvalue weighted by atomic mass is 10.1. The zero-order valence-electron chi connectivity index (χ0n) is 12.5. The minimum Gasteiger partial charge on any atom is -0.381 e. The number of benzene rings is 1. The highest BCUT2D eigenvalue weighted by atomic mass is 35.5. The van der Waals surface area contributed by atoms with Crippen molar-refractivity contribution in [2.45, 2.75) is 25.7 Å². The summed E-state index contributed by atoms with van der Waals surface area (Å²) in [7, 11) is 0. The summed E-state index contributed by atoms with van der Waals surface area (Å²) in [6.07, 6.45) is 4.12. The van der Waals surface area contributed by atoms with Crippen LogP contribution in [0.1, 0.15) is 24.8 Å². The lowest BCUT2D eigenvalue weighted by Gasteiger charge is -2.09. The van der Waals surface area contributed by atoms with Crippen molar-refractivity contribution in [1.82, 2.24) is 10.6 Å². The summed E-state index contributed by atoms with van der Waals surface area (Å²) in [5, 5.41) is 6.86. The molecule has 1 aromatic rings. The van der Waals surface area contributed by atoms with E-state index in [2.05, 4.69) is 10.6 Å². The summed E-state index contributed by atoms with van der Waals surface area (Å²) in [5.41, 5.74) is 0.972. The Bertz CT molecular complexity index is 493. The summed E-state index contributed by atoms with van der Waals surface area (Å²) in [6, 6.07) is 5.22. The highest BCUT2D eigenvalue weighted by molar-refractivity contribution is 6.35. The topological polar surface area (TPSA) is 50.4 Å². The van der Waals surface area contributed by atoms with Crippen LogP contribution in [0.25, 0.3) is 0 Å². The smallest absolute Gasteiger partial charge is 0.314 e. The zero-order chi connectivity index (χ0) is 15.8. The Kier molecular flexibility index (Phi) is 7.30. The average molecular weight is 345 g/mol. The Labute approximate surface area is 141 Å². The fourth-order valence-electron chi connectivity index (χ4n) is 2.01. The summed E-state index contributed by atoms with van der Waals surface area (Å²) >= 11 is 11.9. The Morgan fingerprint density at radius 3 is 2.73 bits per heavy atom. The summed E-state index contributed by atoms with van der Waals surface area (Å²) < 4.78 is 5.50. The van der Waals surface area contributed by atoms with Crippen molar-refractivity contribution >= 4 is 29.2 Å². The second-order valence-corrected chi connectivity index (χ2v) is 6.38. The van der Waals surface area contributed by atoms with Crippen molar-refractivity contribution in [3.8, 4) is 0 Å². The fraction of sp³-hybridized carbons (Fsp3) is 0.562. The Balaban J connectivity index is 1.49. The number of rotatable bonds is 9. The van der Waals surface area contributed by atoms with Gasteiger partial charge in [-0.2, -0.15) is 0 Å². The quantitative estimate of drug-likeness (QED) is 0.671. The van der Waals surface area contributed by atoms with E-state index in [0.29, 0.717) is 36.2 Å². The van der Waals surface area contributed by atoms with Gasteiger partial charge in [0, 0.05) is 36.3 Å². The van der Waals surface area contributed by atoms with Crippen molar-refractivity contribution in [3.63, 3.8) is 0 Å². The molecule has 1 aliphatic rings. The van der Waals surface area contributed by atoms with Gasteiger partial charge in [-0.1, -0.05) is 29.3 Å². The van der Waals surface area contributed by atoms with Gasteiger partial charge >= 0.3 is 6.03 Å². The molecule has 1 saturated carbocycles. The normalized spacial score (nSPS) is 13.9. The average Bonchev–Trinajstić information content (AvgIpc) is 3.29. The third-order valence-corrected chi connectivity index (χ3v) is 4.08. The van der Waals surface area contributed by atoms with E-state index in [1.165, 1.54) is 12.8 Å². The van der Waals surface area contributed by atoms with Crippen molar-refractivity contribution in [2.75, 3.05) is 26.3 Å². The third kappa shape index (κ3) is 6.86. The van der Waals surface area contributed by atoms with Crippen LogP contribution in [0, 0.1) is 5.92 Å². The van der Waals surface area contributed by atoms with E-state index >= 15 is 0 Å². The SMILES string of the molecule is O=C(NCCCOCC1CC1)NCCc1ccc(Cl)cc1Cl. The number of urea groups is 1. The monoisotopic (exact) mass is 344 g/mol. The summed E-state index contributed by atoms with van der Waals surface area (Å²) in [6.45, 7) is 2.73. The minimum absolute atomic E-state index is 0.160. The number of carbonyl (C=O) groups is 1. The minimum atomic E-state index is -0.160. The van der Waals surface area contributed by atoms with Crippen molar-refractivity contribution in [3.05, 3.63) is 33.8 Å². The molecular weight excluding hydrogens is 323 g/mol. The molecule has 0 radical (unpaired) electrons. The van der Waals surface area contributed by atoms with Gasteiger partial charge in [0.2, 0.25) is 0 Å². The number of hydrogen-bond acceptors (Lipinski definition) is 2. The van der Waals surface area contributed by atoms with Crippen LogP contribution in [0.15, 0.2) is 18.2 Å². The number of hydrogen-bond donors (Lipinski definition) is 2.